The fourth-order valence-corrected chi connectivity index (χ4v) is 1.48. The second-order valence-corrected chi connectivity index (χ2v) is 5.22. The molecule has 3 nitrogen and oxygen atoms in total. The summed E-state index contributed by atoms with van der Waals surface area (Å²) in [6.45, 7) is 8.53. The van der Waals surface area contributed by atoms with Gasteiger partial charge in [-0.2, -0.15) is 0 Å². The highest BCUT2D eigenvalue weighted by atomic mass is 16.2. The van der Waals surface area contributed by atoms with Gasteiger partial charge >= 0.3 is 0 Å². The number of hydrogen-bond donors (Lipinski definition) is 1. The molecule has 0 unspecified atom stereocenters. The first kappa shape index (κ1) is 11.5. The van der Waals surface area contributed by atoms with Gasteiger partial charge in [0.1, 0.15) is 0 Å². The molecular formula is C11H22N2O. The topological polar surface area (TPSA) is 46.3 Å². The van der Waals surface area contributed by atoms with Crippen LogP contribution in [0.2, 0.25) is 0 Å². The number of amides is 1. The van der Waals surface area contributed by atoms with E-state index in [0.717, 1.165) is 12.5 Å². The molecular weight excluding hydrogens is 176 g/mol. The highest BCUT2D eigenvalue weighted by molar-refractivity contribution is 5.85. The molecule has 0 radical (unpaired) electrons. The zero-order valence-electron chi connectivity index (χ0n) is 9.71. The van der Waals surface area contributed by atoms with Crippen LogP contribution in [0.4, 0.5) is 0 Å². The van der Waals surface area contributed by atoms with Gasteiger partial charge in [0.2, 0.25) is 5.91 Å². The zero-order chi connectivity index (χ0) is 10.9. The van der Waals surface area contributed by atoms with Gasteiger partial charge in [-0.25, -0.2) is 0 Å². The van der Waals surface area contributed by atoms with Crippen LogP contribution < -0.4 is 5.73 Å². The molecule has 2 N–H and O–H groups in total. The van der Waals surface area contributed by atoms with Crippen molar-refractivity contribution in [2.75, 3.05) is 6.54 Å². The molecule has 0 bridgehead atoms. The van der Waals surface area contributed by atoms with Gasteiger partial charge in [0.25, 0.3) is 0 Å². The molecule has 3 heteroatoms. The Balaban J connectivity index is 2.61. The Bertz CT molecular complexity index is 214. The van der Waals surface area contributed by atoms with Crippen LogP contribution >= 0.6 is 0 Å². The Kier molecular flexibility index (Phi) is 3.20. The van der Waals surface area contributed by atoms with Gasteiger partial charge in [-0.1, -0.05) is 0 Å². The molecule has 0 aromatic heterocycles. The molecule has 0 aromatic rings. The summed E-state index contributed by atoms with van der Waals surface area (Å²) in [5.41, 5.74) is 5.09. The van der Waals surface area contributed by atoms with Crippen molar-refractivity contribution in [2.24, 2.45) is 11.7 Å². The summed E-state index contributed by atoms with van der Waals surface area (Å²) in [6.07, 6.45) is 2.53. The number of nitrogens with zero attached hydrogens (tertiary/aromatic N) is 1. The molecule has 82 valence electrons. The fraction of sp³-hybridized carbons (Fsp3) is 0.909. The Morgan fingerprint density at radius 3 is 2.29 bits per heavy atom. The van der Waals surface area contributed by atoms with E-state index in [0.29, 0.717) is 0 Å². The lowest BCUT2D eigenvalue weighted by Gasteiger charge is -2.32. The third-order valence-corrected chi connectivity index (χ3v) is 2.59. The summed E-state index contributed by atoms with van der Waals surface area (Å²) in [5, 5.41) is 0. The number of rotatable bonds is 4. The van der Waals surface area contributed by atoms with Gasteiger partial charge in [0.05, 0.1) is 5.54 Å². The smallest absolute Gasteiger partial charge is 0.242 e. The molecule has 0 saturated heterocycles. The van der Waals surface area contributed by atoms with Crippen LogP contribution in [0.1, 0.15) is 40.5 Å². The van der Waals surface area contributed by atoms with Gasteiger partial charge < -0.3 is 10.6 Å². The van der Waals surface area contributed by atoms with E-state index in [1.165, 1.54) is 12.8 Å². The van der Waals surface area contributed by atoms with E-state index in [9.17, 15) is 4.79 Å². The van der Waals surface area contributed by atoms with Crippen molar-refractivity contribution in [2.45, 2.75) is 52.1 Å². The van der Waals surface area contributed by atoms with E-state index in [2.05, 4.69) is 0 Å². The van der Waals surface area contributed by atoms with Crippen LogP contribution in [0.15, 0.2) is 0 Å². The molecule has 1 fully saturated rings. The summed E-state index contributed by atoms with van der Waals surface area (Å²) in [6, 6.07) is 0.255. The van der Waals surface area contributed by atoms with Gasteiger partial charge in [0.15, 0.2) is 0 Å². The first-order valence-electron chi connectivity index (χ1n) is 5.42. The van der Waals surface area contributed by atoms with Crippen LogP contribution in [0.3, 0.4) is 0 Å². The number of nitrogens with two attached hydrogens (primary N) is 1. The molecule has 14 heavy (non-hydrogen) atoms. The summed E-state index contributed by atoms with van der Waals surface area (Å²) < 4.78 is 0. The van der Waals surface area contributed by atoms with Crippen LogP contribution in [0.5, 0.6) is 0 Å². The Hall–Kier alpha value is -0.570. The molecule has 1 aliphatic rings. The largest absolute Gasteiger partial charge is 0.338 e. The van der Waals surface area contributed by atoms with Crippen LogP contribution in [-0.2, 0) is 4.79 Å². The molecule has 1 saturated carbocycles. The second kappa shape index (κ2) is 3.89. The lowest BCUT2D eigenvalue weighted by Crippen LogP contribution is -2.53. The maximum absolute atomic E-state index is 12.0. The van der Waals surface area contributed by atoms with Crippen LogP contribution in [0.25, 0.3) is 0 Å². The Morgan fingerprint density at radius 1 is 1.50 bits per heavy atom. The van der Waals surface area contributed by atoms with Gasteiger partial charge in [-0.05, 0) is 46.5 Å². The van der Waals surface area contributed by atoms with Crippen molar-refractivity contribution < 1.29 is 4.79 Å². The van der Waals surface area contributed by atoms with Gasteiger partial charge in [-0.15, -0.1) is 0 Å². The van der Waals surface area contributed by atoms with Crippen molar-refractivity contribution in [3.05, 3.63) is 0 Å². The highest BCUT2D eigenvalue weighted by Gasteiger charge is 2.33. The van der Waals surface area contributed by atoms with Crippen molar-refractivity contribution in [1.29, 1.82) is 0 Å². The average Bonchev–Trinajstić information content (AvgIpc) is 2.79. The molecule has 0 heterocycles. The normalized spacial score (nSPS) is 17.3. The highest BCUT2D eigenvalue weighted by Crippen LogP contribution is 2.30. The number of carbonyl (C=O) groups excluding carboxylic acids is 1. The minimum atomic E-state index is -0.737. The standard InChI is InChI=1S/C11H22N2O/c1-8(2)13(7-9-5-6-9)10(14)11(3,4)12/h8-9H,5-7,12H2,1-4H3. The van der Waals surface area contributed by atoms with Crippen LogP contribution in [0, 0.1) is 5.92 Å². The summed E-state index contributed by atoms with van der Waals surface area (Å²) in [4.78, 5) is 13.9. The summed E-state index contributed by atoms with van der Waals surface area (Å²) >= 11 is 0. The van der Waals surface area contributed by atoms with E-state index >= 15 is 0 Å². The molecule has 0 spiro atoms. The predicted molar refractivity (Wildman–Crippen MR) is 57.8 cm³/mol. The van der Waals surface area contributed by atoms with Crippen LogP contribution in [-0.4, -0.2) is 28.9 Å². The third kappa shape index (κ3) is 2.98. The van der Waals surface area contributed by atoms with Gasteiger partial charge in [0, 0.05) is 12.6 Å². The molecule has 0 aliphatic heterocycles. The Morgan fingerprint density at radius 2 is 2.00 bits per heavy atom. The lowest BCUT2D eigenvalue weighted by molar-refractivity contribution is -0.137. The van der Waals surface area contributed by atoms with Crippen molar-refractivity contribution in [3.63, 3.8) is 0 Å². The minimum Gasteiger partial charge on any atom is -0.338 e. The molecule has 0 aromatic carbocycles. The molecule has 0 atom stereocenters. The van der Waals surface area contributed by atoms with E-state index < -0.39 is 5.54 Å². The number of hydrogen-bond acceptors (Lipinski definition) is 2. The summed E-state index contributed by atoms with van der Waals surface area (Å²) in [7, 11) is 0. The van der Waals surface area contributed by atoms with E-state index in [4.69, 9.17) is 5.73 Å². The lowest BCUT2D eigenvalue weighted by atomic mass is 10.0. The van der Waals surface area contributed by atoms with Crippen molar-refractivity contribution >= 4 is 5.91 Å². The first-order valence-corrected chi connectivity index (χ1v) is 5.42. The predicted octanol–water partition coefficient (Wildman–Crippen LogP) is 1.37. The maximum atomic E-state index is 12.0. The van der Waals surface area contributed by atoms with E-state index in [1.807, 2.05) is 18.7 Å². The van der Waals surface area contributed by atoms with E-state index in [-0.39, 0.29) is 11.9 Å². The summed E-state index contributed by atoms with van der Waals surface area (Å²) in [5.74, 6) is 0.795. The van der Waals surface area contributed by atoms with Crippen molar-refractivity contribution in [1.82, 2.24) is 4.90 Å². The van der Waals surface area contributed by atoms with Gasteiger partial charge in [-0.3, -0.25) is 4.79 Å². The molecule has 1 rings (SSSR count). The third-order valence-electron chi connectivity index (χ3n) is 2.59. The Labute approximate surface area is 86.6 Å². The minimum absolute atomic E-state index is 0.0689. The quantitative estimate of drug-likeness (QED) is 0.741. The monoisotopic (exact) mass is 198 g/mol. The SMILES string of the molecule is CC(C)N(CC1CC1)C(=O)C(C)(C)N. The molecule has 1 amide bonds. The van der Waals surface area contributed by atoms with Crippen molar-refractivity contribution in [3.8, 4) is 0 Å². The first-order chi connectivity index (χ1) is 6.32. The average molecular weight is 198 g/mol. The fourth-order valence-electron chi connectivity index (χ4n) is 1.48. The second-order valence-electron chi connectivity index (χ2n) is 5.22. The van der Waals surface area contributed by atoms with E-state index in [1.54, 1.807) is 13.8 Å². The number of carbonyl (C=O) groups is 1. The zero-order valence-corrected chi connectivity index (χ0v) is 9.71. The molecule has 1 aliphatic carbocycles. The maximum Gasteiger partial charge on any atom is 0.242 e.